The molecule has 0 N–H and O–H groups in total. The molecular formula is C19H27NO3. The van der Waals surface area contributed by atoms with Crippen LogP contribution in [0.4, 0.5) is 0 Å². The molecule has 1 saturated heterocycles. The van der Waals surface area contributed by atoms with Gasteiger partial charge in [-0.25, -0.2) is 0 Å². The summed E-state index contributed by atoms with van der Waals surface area (Å²) < 4.78 is 11.6. The van der Waals surface area contributed by atoms with Crippen LogP contribution in [0.15, 0.2) is 30.3 Å². The van der Waals surface area contributed by atoms with Gasteiger partial charge in [0, 0.05) is 13.7 Å². The lowest BCUT2D eigenvalue weighted by Crippen LogP contribution is -2.52. The van der Waals surface area contributed by atoms with Crippen LogP contribution in [0.2, 0.25) is 0 Å². The fourth-order valence-electron chi connectivity index (χ4n) is 3.39. The van der Waals surface area contributed by atoms with Gasteiger partial charge in [0.15, 0.2) is 0 Å². The summed E-state index contributed by atoms with van der Waals surface area (Å²) in [5.74, 6) is 0.775. The molecule has 0 bridgehead atoms. The molecular weight excluding hydrogens is 290 g/mol. The molecule has 1 aliphatic heterocycles. The highest BCUT2D eigenvalue weighted by molar-refractivity contribution is 5.82. The van der Waals surface area contributed by atoms with Crippen molar-refractivity contribution in [2.75, 3.05) is 26.8 Å². The molecule has 0 radical (unpaired) electrons. The van der Waals surface area contributed by atoms with E-state index in [1.165, 1.54) is 12.8 Å². The summed E-state index contributed by atoms with van der Waals surface area (Å²) in [5, 5.41) is 0. The van der Waals surface area contributed by atoms with Gasteiger partial charge in [-0.05, 0) is 38.2 Å². The molecule has 1 heterocycles. The molecule has 126 valence electrons. The second kappa shape index (κ2) is 6.62. The van der Waals surface area contributed by atoms with Crippen molar-refractivity contribution >= 4 is 5.91 Å². The van der Waals surface area contributed by atoms with Gasteiger partial charge in [0.05, 0.1) is 24.7 Å². The first-order valence-corrected chi connectivity index (χ1v) is 8.50. The maximum absolute atomic E-state index is 13.0. The predicted molar refractivity (Wildman–Crippen MR) is 89.0 cm³/mol. The SMILES string of the molecule is COCC(C)(C)C(=O)N1C[C@@H](c2ccccc2)O[C@@H](C2CC2)C1. The zero-order valence-electron chi connectivity index (χ0n) is 14.3. The summed E-state index contributed by atoms with van der Waals surface area (Å²) in [6, 6.07) is 10.2. The number of hydrogen-bond acceptors (Lipinski definition) is 3. The molecule has 4 heteroatoms. The van der Waals surface area contributed by atoms with Crippen LogP contribution in [0.3, 0.4) is 0 Å². The minimum absolute atomic E-state index is 0.0298. The van der Waals surface area contributed by atoms with Gasteiger partial charge in [-0.15, -0.1) is 0 Å². The van der Waals surface area contributed by atoms with Crippen molar-refractivity contribution in [3.63, 3.8) is 0 Å². The van der Waals surface area contributed by atoms with Crippen LogP contribution in [-0.4, -0.2) is 43.7 Å². The maximum atomic E-state index is 13.0. The fourth-order valence-corrected chi connectivity index (χ4v) is 3.39. The van der Waals surface area contributed by atoms with Gasteiger partial charge in [0.25, 0.3) is 0 Å². The first-order valence-electron chi connectivity index (χ1n) is 8.50. The molecule has 2 aliphatic rings. The van der Waals surface area contributed by atoms with E-state index in [0.29, 0.717) is 25.6 Å². The fraction of sp³-hybridized carbons (Fsp3) is 0.632. The van der Waals surface area contributed by atoms with Crippen molar-refractivity contribution in [1.29, 1.82) is 0 Å². The summed E-state index contributed by atoms with van der Waals surface area (Å²) in [6.45, 7) is 5.68. The highest BCUT2D eigenvalue weighted by Gasteiger charge is 2.42. The van der Waals surface area contributed by atoms with Crippen molar-refractivity contribution in [2.24, 2.45) is 11.3 Å². The summed E-state index contributed by atoms with van der Waals surface area (Å²) >= 11 is 0. The summed E-state index contributed by atoms with van der Waals surface area (Å²) in [6.07, 6.45) is 2.57. The molecule has 3 rings (SSSR count). The van der Waals surface area contributed by atoms with Gasteiger partial charge < -0.3 is 14.4 Å². The van der Waals surface area contributed by atoms with E-state index in [4.69, 9.17) is 9.47 Å². The minimum Gasteiger partial charge on any atom is -0.384 e. The van der Waals surface area contributed by atoms with Crippen LogP contribution in [-0.2, 0) is 14.3 Å². The van der Waals surface area contributed by atoms with E-state index in [2.05, 4.69) is 12.1 Å². The summed E-state index contributed by atoms with van der Waals surface area (Å²) in [4.78, 5) is 15.0. The average molecular weight is 317 g/mol. The molecule has 23 heavy (non-hydrogen) atoms. The molecule has 1 aromatic rings. The number of benzene rings is 1. The van der Waals surface area contributed by atoms with Crippen molar-refractivity contribution in [1.82, 2.24) is 4.90 Å². The third kappa shape index (κ3) is 3.75. The van der Waals surface area contributed by atoms with E-state index in [9.17, 15) is 4.79 Å². The van der Waals surface area contributed by atoms with Crippen LogP contribution in [0.5, 0.6) is 0 Å². The predicted octanol–water partition coefficient (Wildman–Crippen LogP) is 3.04. The van der Waals surface area contributed by atoms with Gasteiger partial charge in [-0.3, -0.25) is 4.79 Å². The highest BCUT2D eigenvalue weighted by atomic mass is 16.5. The van der Waals surface area contributed by atoms with Crippen molar-refractivity contribution in [2.45, 2.75) is 38.9 Å². The first-order chi connectivity index (χ1) is 11.0. The van der Waals surface area contributed by atoms with Gasteiger partial charge in [0.1, 0.15) is 6.10 Å². The normalized spacial score (nSPS) is 25.4. The minimum atomic E-state index is -0.499. The topological polar surface area (TPSA) is 38.8 Å². The number of rotatable bonds is 5. The molecule has 0 unspecified atom stereocenters. The van der Waals surface area contributed by atoms with Crippen molar-refractivity contribution in [3.8, 4) is 0 Å². The van der Waals surface area contributed by atoms with E-state index >= 15 is 0 Å². The quantitative estimate of drug-likeness (QED) is 0.838. The number of nitrogens with zero attached hydrogens (tertiary/aromatic N) is 1. The number of methoxy groups -OCH3 is 1. The zero-order valence-corrected chi connectivity index (χ0v) is 14.3. The third-order valence-corrected chi connectivity index (χ3v) is 4.82. The Morgan fingerprint density at radius 2 is 1.96 bits per heavy atom. The molecule has 1 aromatic carbocycles. The molecule has 2 atom stereocenters. The van der Waals surface area contributed by atoms with Crippen molar-refractivity contribution in [3.05, 3.63) is 35.9 Å². The van der Waals surface area contributed by atoms with E-state index in [1.807, 2.05) is 36.9 Å². The van der Waals surface area contributed by atoms with Gasteiger partial charge >= 0.3 is 0 Å². The Kier molecular flexibility index (Phi) is 4.74. The van der Waals surface area contributed by atoms with Gasteiger partial charge in [0.2, 0.25) is 5.91 Å². The van der Waals surface area contributed by atoms with E-state index in [1.54, 1.807) is 7.11 Å². The Hall–Kier alpha value is -1.39. The van der Waals surface area contributed by atoms with Gasteiger partial charge in [-0.1, -0.05) is 30.3 Å². The lowest BCUT2D eigenvalue weighted by atomic mass is 9.91. The van der Waals surface area contributed by atoms with Crippen LogP contribution in [0, 0.1) is 11.3 Å². The smallest absolute Gasteiger partial charge is 0.230 e. The average Bonchev–Trinajstić information content (AvgIpc) is 3.39. The van der Waals surface area contributed by atoms with Crippen molar-refractivity contribution < 1.29 is 14.3 Å². The van der Waals surface area contributed by atoms with Crippen LogP contribution < -0.4 is 0 Å². The Morgan fingerprint density at radius 1 is 1.26 bits per heavy atom. The van der Waals surface area contributed by atoms with E-state index < -0.39 is 5.41 Å². The lowest BCUT2D eigenvalue weighted by molar-refractivity contribution is -0.159. The van der Waals surface area contributed by atoms with E-state index in [-0.39, 0.29) is 18.1 Å². The van der Waals surface area contributed by atoms with Crippen LogP contribution >= 0.6 is 0 Å². The standard InChI is InChI=1S/C19H27NO3/c1-19(2,13-22-3)18(21)20-11-16(14-7-5-4-6-8-14)23-17(12-20)15-9-10-15/h4-8,15-17H,9-13H2,1-3H3/t16-,17+/m0/s1. The second-order valence-corrected chi connectivity index (χ2v) is 7.44. The largest absolute Gasteiger partial charge is 0.384 e. The second-order valence-electron chi connectivity index (χ2n) is 7.44. The monoisotopic (exact) mass is 317 g/mol. The van der Waals surface area contributed by atoms with Crippen LogP contribution in [0.1, 0.15) is 38.4 Å². The molecule has 0 spiro atoms. The molecule has 0 aromatic heterocycles. The number of carbonyl (C=O) groups is 1. The van der Waals surface area contributed by atoms with Gasteiger partial charge in [-0.2, -0.15) is 0 Å². The van der Waals surface area contributed by atoms with Crippen LogP contribution in [0.25, 0.3) is 0 Å². The molecule has 4 nitrogen and oxygen atoms in total. The lowest BCUT2D eigenvalue weighted by Gasteiger charge is -2.41. The Morgan fingerprint density at radius 3 is 2.57 bits per heavy atom. The third-order valence-electron chi connectivity index (χ3n) is 4.82. The molecule has 2 fully saturated rings. The van der Waals surface area contributed by atoms with E-state index in [0.717, 1.165) is 5.56 Å². The summed E-state index contributed by atoms with van der Waals surface area (Å²) in [5.41, 5.74) is 0.654. The number of morpholine rings is 1. The highest BCUT2D eigenvalue weighted by Crippen LogP contribution is 2.40. The summed E-state index contributed by atoms with van der Waals surface area (Å²) in [7, 11) is 1.65. The Bertz CT molecular complexity index is 539. The number of hydrogen-bond donors (Lipinski definition) is 0. The number of carbonyl (C=O) groups excluding carboxylic acids is 1. The molecule has 1 amide bonds. The maximum Gasteiger partial charge on any atom is 0.230 e. The number of amides is 1. The molecule has 1 aliphatic carbocycles. The zero-order chi connectivity index (χ0) is 16.4. The first kappa shape index (κ1) is 16.5. The Balaban J connectivity index is 1.78. The Labute approximate surface area is 138 Å². The molecule has 1 saturated carbocycles. The number of ether oxygens (including phenoxy) is 2.